The van der Waals surface area contributed by atoms with E-state index in [1.54, 1.807) is 13.0 Å². The van der Waals surface area contributed by atoms with Crippen molar-refractivity contribution in [3.8, 4) is 0 Å². The molecule has 1 aromatic rings. The first-order valence-corrected chi connectivity index (χ1v) is 3.58. The molecule has 1 atom stereocenters. The van der Waals surface area contributed by atoms with Gasteiger partial charge in [-0.15, -0.1) is 0 Å². The Balaban J connectivity index is 2.97. The van der Waals surface area contributed by atoms with Gasteiger partial charge < -0.3 is 10.2 Å². The van der Waals surface area contributed by atoms with E-state index in [1.807, 2.05) is 0 Å². The van der Waals surface area contributed by atoms with Crippen LogP contribution in [-0.2, 0) is 5.54 Å². The van der Waals surface area contributed by atoms with E-state index in [1.165, 1.54) is 13.0 Å². The molecule has 12 heavy (non-hydrogen) atoms. The number of alkyl halides is 2. The van der Waals surface area contributed by atoms with Gasteiger partial charge in [-0.3, -0.25) is 0 Å². The highest BCUT2D eigenvalue weighted by Crippen LogP contribution is 2.26. The lowest BCUT2D eigenvalue weighted by molar-refractivity contribution is 0.0497. The van der Waals surface area contributed by atoms with Crippen LogP contribution in [0.15, 0.2) is 16.5 Å². The van der Waals surface area contributed by atoms with E-state index in [-0.39, 0.29) is 5.76 Å². The largest absolute Gasteiger partial charge is 0.464 e. The summed E-state index contributed by atoms with van der Waals surface area (Å²) in [5.41, 5.74) is 3.66. The van der Waals surface area contributed by atoms with Gasteiger partial charge in [0.25, 0.3) is 6.43 Å². The van der Waals surface area contributed by atoms with Crippen LogP contribution in [0.2, 0.25) is 0 Å². The molecule has 0 saturated carbocycles. The van der Waals surface area contributed by atoms with Crippen molar-refractivity contribution in [3.05, 3.63) is 23.7 Å². The van der Waals surface area contributed by atoms with Crippen LogP contribution in [0.1, 0.15) is 18.4 Å². The highest BCUT2D eigenvalue weighted by atomic mass is 19.3. The SMILES string of the molecule is Cc1ccc(C(C)(N)C(F)F)o1. The molecule has 0 aliphatic rings. The molecule has 0 spiro atoms. The van der Waals surface area contributed by atoms with Crippen LogP contribution in [0.4, 0.5) is 8.78 Å². The normalized spacial score (nSPS) is 16.5. The van der Waals surface area contributed by atoms with Crippen molar-refractivity contribution in [2.24, 2.45) is 5.73 Å². The Morgan fingerprint density at radius 3 is 2.42 bits per heavy atom. The van der Waals surface area contributed by atoms with E-state index in [4.69, 9.17) is 10.2 Å². The smallest absolute Gasteiger partial charge is 0.263 e. The maximum Gasteiger partial charge on any atom is 0.263 e. The first-order valence-electron chi connectivity index (χ1n) is 3.58. The highest BCUT2D eigenvalue weighted by molar-refractivity contribution is 5.14. The van der Waals surface area contributed by atoms with Gasteiger partial charge in [0.2, 0.25) is 0 Å². The van der Waals surface area contributed by atoms with Gasteiger partial charge in [0, 0.05) is 0 Å². The summed E-state index contributed by atoms with van der Waals surface area (Å²) in [6.07, 6.45) is -2.62. The maximum absolute atomic E-state index is 12.3. The Kier molecular flexibility index (Phi) is 2.19. The van der Waals surface area contributed by atoms with Gasteiger partial charge in [0.05, 0.1) is 0 Å². The summed E-state index contributed by atoms with van der Waals surface area (Å²) in [5.74, 6) is 0.706. The molecule has 1 heterocycles. The van der Waals surface area contributed by atoms with Crippen molar-refractivity contribution in [1.29, 1.82) is 0 Å². The van der Waals surface area contributed by atoms with E-state index < -0.39 is 12.0 Å². The van der Waals surface area contributed by atoms with Gasteiger partial charge in [-0.05, 0) is 26.0 Å². The van der Waals surface area contributed by atoms with Crippen LogP contribution in [-0.4, -0.2) is 6.43 Å². The summed E-state index contributed by atoms with van der Waals surface area (Å²) in [7, 11) is 0. The predicted octanol–water partition coefficient (Wildman–Crippen LogP) is 2.03. The zero-order chi connectivity index (χ0) is 9.35. The predicted molar refractivity (Wildman–Crippen MR) is 41.0 cm³/mol. The molecule has 0 radical (unpaired) electrons. The van der Waals surface area contributed by atoms with Crippen LogP contribution in [0.25, 0.3) is 0 Å². The lowest BCUT2D eigenvalue weighted by Crippen LogP contribution is -2.40. The van der Waals surface area contributed by atoms with Crippen molar-refractivity contribution >= 4 is 0 Å². The average molecular weight is 175 g/mol. The van der Waals surface area contributed by atoms with Crippen molar-refractivity contribution in [1.82, 2.24) is 0 Å². The Bertz CT molecular complexity index is 268. The third kappa shape index (κ3) is 1.48. The summed E-state index contributed by atoms with van der Waals surface area (Å²) in [5, 5.41) is 0. The van der Waals surface area contributed by atoms with Gasteiger partial charge in [-0.25, -0.2) is 8.78 Å². The van der Waals surface area contributed by atoms with Crippen LogP contribution in [0, 0.1) is 6.92 Å². The molecule has 0 aromatic carbocycles. The molecule has 2 nitrogen and oxygen atoms in total. The van der Waals surface area contributed by atoms with Crippen LogP contribution >= 0.6 is 0 Å². The van der Waals surface area contributed by atoms with E-state index >= 15 is 0 Å². The fourth-order valence-corrected chi connectivity index (χ4v) is 0.832. The monoisotopic (exact) mass is 175 g/mol. The molecule has 0 saturated heterocycles. The van der Waals surface area contributed by atoms with Gasteiger partial charge in [0.1, 0.15) is 17.1 Å². The Hall–Kier alpha value is -0.900. The molecule has 2 N–H and O–H groups in total. The molecular formula is C8H11F2NO. The van der Waals surface area contributed by atoms with E-state index in [0.29, 0.717) is 5.76 Å². The highest BCUT2D eigenvalue weighted by Gasteiger charge is 2.35. The summed E-state index contributed by atoms with van der Waals surface area (Å²) in [4.78, 5) is 0. The molecule has 68 valence electrons. The number of aryl methyl sites for hydroxylation is 1. The van der Waals surface area contributed by atoms with E-state index in [2.05, 4.69) is 0 Å². The van der Waals surface area contributed by atoms with E-state index in [0.717, 1.165) is 0 Å². The zero-order valence-electron chi connectivity index (χ0n) is 6.97. The lowest BCUT2D eigenvalue weighted by Gasteiger charge is -2.20. The standard InChI is InChI=1S/C8H11F2NO/c1-5-3-4-6(12-5)8(2,11)7(9)10/h3-4,7H,11H2,1-2H3. The van der Waals surface area contributed by atoms with Crippen molar-refractivity contribution in [3.63, 3.8) is 0 Å². The van der Waals surface area contributed by atoms with Crippen LogP contribution in [0.3, 0.4) is 0 Å². The van der Waals surface area contributed by atoms with Crippen molar-refractivity contribution < 1.29 is 13.2 Å². The van der Waals surface area contributed by atoms with Gasteiger partial charge in [0.15, 0.2) is 0 Å². The fraction of sp³-hybridized carbons (Fsp3) is 0.500. The average Bonchev–Trinajstić information content (AvgIpc) is 2.35. The van der Waals surface area contributed by atoms with Crippen molar-refractivity contribution in [2.45, 2.75) is 25.8 Å². The molecule has 1 unspecified atom stereocenters. The molecule has 0 bridgehead atoms. The minimum absolute atomic E-state index is 0.120. The fourth-order valence-electron chi connectivity index (χ4n) is 0.832. The van der Waals surface area contributed by atoms with Crippen molar-refractivity contribution in [2.75, 3.05) is 0 Å². The molecule has 1 aromatic heterocycles. The van der Waals surface area contributed by atoms with Crippen LogP contribution < -0.4 is 5.73 Å². The molecular weight excluding hydrogens is 164 g/mol. The second kappa shape index (κ2) is 2.86. The summed E-state index contributed by atoms with van der Waals surface area (Å²) >= 11 is 0. The first-order chi connectivity index (χ1) is 5.44. The second-order valence-electron chi connectivity index (χ2n) is 2.99. The van der Waals surface area contributed by atoms with Gasteiger partial charge >= 0.3 is 0 Å². The number of halogens is 2. The minimum atomic E-state index is -2.62. The number of furan rings is 1. The molecule has 4 heteroatoms. The summed E-state index contributed by atoms with van der Waals surface area (Å²) < 4.78 is 29.6. The first kappa shape index (κ1) is 9.19. The topological polar surface area (TPSA) is 39.2 Å². The Morgan fingerprint density at radius 2 is 2.08 bits per heavy atom. The number of rotatable bonds is 2. The molecule has 0 amide bonds. The number of hydrogen-bond acceptors (Lipinski definition) is 2. The van der Waals surface area contributed by atoms with E-state index in [9.17, 15) is 8.78 Å². The maximum atomic E-state index is 12.3. The summed E-state index contributed by atoms with van der Waals surface area (Å²) in [6, 6.07) is 3.09. The molecule has 0 fully saturated rings. The number of hydrogen-bond donors (Lipinski definition) is 1. The Morgan fingerprint density at radius 1 is 1.50 bits per heavy atom. The second-order valence-corrected chi connectivity index (χ2v) is 2.99. The van der Waals surface area contributed by atoms with Gasteiger partial charge in [-0.2, -0.15) is 0 Å². The third-order valence-corrected chi connectivity index (χ3v) is 1.72. The molecule has 0 aliphatic carbocycles. The Labute approximate surface area is 69.4 Å². The van der Waals surface area contributed by atoms with Crippen LogP contribution in [0.5, 0.6) is 0 Å². The zero-order valence-corrected chi connectivity index (χ0v) is 6.97. The van der Waals surface area contributed by atoms with Gasteiger partial charge in [-0.1, -0.05) is 0 Å². The number of nitrogens with two attached hydrogens (primary N) is 1. The third-order valence-electron chi connectivity index (χ3n) is 1.72. The quantitative estimate of drug-likeness (QED) is 0.746. The molecule has 0 aliphatic heterocycles. The molecule has 1 rings (SSSR count). The minimum Gasteiger partial charge on any atom is -0.464 e. The lowest BCUT2D eigenvalue weighted by atomic mass is 10.0. The summed E-state index contributed by atoms with van der Waals surface area (Å²) in [6.45, 7) is 2.93.